The van der Waals surface area contributed by atoms with E-state index in [0.717, 1.165) is 6.07 Å². The van der Waals surface area contributed by atoms with Gasteiger partial charge in [0.2, 0.25) is 9.84 Å². The molecule has 0 radical (unpaired) electrons. The number of rotatable bonds is 6. The van der Waals surface area contributed by atoms with Gasteiger partial charge in [-0.25, -0.2) is 12.8 Å². The number of sulfone groups is 1. The van der Waals surface area contributed by atoms with Crippen molar-refractivity contribution in [2.45, 2.75) is 29.6 Å². The predicted octanol–water partition coefficient (Wildman–Crippen LogP) is 4.31. The number of halogens is 1. The number of benzene rings is 2. The first-order valence-corrected chi connectivity index (χ1v) is 11.5. The Labute approximate surface area is 190 Å². The first-order valence-electron chi connectivity index (χ1n) is 10.0. The van der Waals surface area contributed by atoms with Gasteiger partial charge in [0.15, 0.2) is 0 Å². The van der Waals surface area contributed by atoms with E-state index in [9.17, 15) is 28.0 Å². The molecular formula is C25H19FN2O4S. The van der Waals surface area contributed by atoms with E-state index in [1.165, 1.54) is 24.3 Å². The van der Waals surface area contributed by atoms with Crippen LogP contribution >= 0.6 is 0 Å². The summed E-state index contributed by atoms with van der Waals surface area (Å²) in [5, 5.41) is 18.6. The van der Waals surface area contributed by atoms with Crippen molar-refractivity contribution in [3.63, 3.8) is 0 Å². The minimum atomic E-state index is -3.84. The van der Waals surface area contributed by atoms with Crippen LogP contribution in [0.3, 0.4) is 0 Å². The minimum absolute atomic E-state index is 0.0193. The number of aromatic nitrogens is 1. The number of hydrogen-bond acceptors (Lipinski definition) is 4. The van der Waals surface area contributed by atoms with Crippen LogP contribution < -0.4 is 0 Å². The van der Waals surface area contributed by atoms with E-state index < -0.39 is 21.6 Å². The van der Waals surface area contributed by atoms with Gasteiger partial charge in [-0.1, -0.05) is 18.2 Å². The number of carboxylic acid groups (broad SMARTS) is 1. The Hall–Kier alpha value is -3.96. The zero-order chi connectivity index (χ0) is 23.8. The summed E-state index contributed by atoms with van der Waals surface area (Å²) in [6.45, 7) is 1.75. The lowest BCUT2D eigenvalue weighted by molar-refractivity contribution is -0.136. The molecule has 0 bridgehead atoms. The summed E-state index contributed by atoms with van der Waals surface area (Å²) in [5.74, 6) is -1.59. The molecule has 2 heterocycles. The predicted molar refractivity (Wildman–Crippen MR) is 119 cm³/mol. The van der Waals surface area contributed by atoms with Gasteiger partial charge >= 0.3 is 5.97 Å². The van der Waals surface area contributed by atoms with Crippen molar-refractivity contribution in [3.05, 3.63) is 101 Å². The van der Waals surface area contributed by atoms with Gasteiger partial charge in [0.25, 0.3) is 0 Å². The average molecular weight is 463 g/mol. The van der Waals surface area contributed by atoms with E-state index in [-0.39, 0.29) is 28.2 Å². The number of aliphatic carboxylic acids is 1. The van der Waals surface area contributed by atoms with Gasteiger partial charge in [-0.2, -0.15) is 5.26 Å². The van der Waals surface area contributed by atoms with Crippen LogP contribution in [0.25, 0.3) is 5.52 Å². The number of pyridine rings is 1. The molecule has 0 unspecified atom stereocenters. The highest BCUT2D eigenvalue weighted by Gasteiger charge is 2.22. The number of nitrogens with zero attached hydrogens (tertiary/aromatic N) is 2. The second-order valence-corrected chi connectivity index (χ2v) is 9.60. The zero-order valence-corrected chi connectivity index (χ0v) is 18.4. The zero-order valence-electron chi connectivity index (χ0n) is 17.6. The summed E-state index contributed by atoms with van der Waals surface area (Å²) in [7, 11) is -3.84. The van der Waals surface area contributed by atoms with Gasteiger partial charge in [0.1, 0.15) is 11.9 Å². The van der Waals surface area contributed by atoms with Crippen molar-refractivity contribution in [1.82, 2.24) is 4.40 Å². The van der Waals surface area contributed by atoms with Crippen LogP contribution in [-0.4, -0.2) is 23.9 Å². The van der Waals surface area contributed by atoms with Crippen LogP contribution in [-0.2, 0) is 27.5 Å². The number of hydrogen-bond donors (Lipinski definition) is 1. The fraction of sp³-hybridized carbons (Fsp3) is 0.120. The highest BCUT2D eigenvalue weighted by molar-refractivity contribution is 7.91. The monoisotopic (exact) mass is 462 g/mol. The summed E-state index contributed by atoms with van der Waals surface area (Å²) in [6, 6.07) is 16.9. The molecule has 0 saturated carbocycles. The lowest BCUT2D eigenvalue weighted by Crippen LogP contribution is -2.05. The molecule has 2 aromatic heterocycles. The van der Waals surface area contributed by atoms with E-state index in [2.05, 4.69) is 0 Å². The molecule has 0 aliphatic carbocycles. The topological polar surface area (TPSA) is 99.6 Å². The van der Waals surface area contributed by atoms with E-state index in [4.69, 9.17) is 0 Å². The summed E-state index contributed by atoms with van der Waals surface area (Å²) >= 11 is 0. The Kier molecular flexibility index (Phi) is 5.75. The minimum Gasteiger partial charge on any atom is -0.481 e. The van der Waals surface area contributed by atoms with Crippen molar-refractivity contribution < 1.29 is 22.7 Å². The molecular weight excluding hydrogens is 443 g/mol. The van der Waals surface area contributed by atoms with Crippen LogP contribution in [0.2, 0.25) is 0 Å². The van der Waals surface area contributed by atoms with E-state index in [1.807, 2.05) is 6.07 Å². The fourth-order valence-electron chi connectivity index (χ4n) is 3.95. The Morgan fingerprint density at radius 1 is 1.09 bits per heavy atom. The summed E-state index contributed by atoms with van der Waals surface area (Å²) in [6.07, 6.45) is 1.36. The normalized spacial score (nSPS) is 11.4. The molecule has 0 amide bonds. The molecule has 0 atom stereocenters. The third kappa shape index (κ3) is 4.11. The van der Waals surface area contributed by atoms with Crippen LogP contribution in [0.1, 0.15) is 27.9 Å². The summed E-state index contributed by atoms with van der Waals surface area (Å²) < 4.78 is 42.5. The standard InChI is InChI=1S/C25H19FN2O4S/c1-16-21(13-25(29)30)23-10-7-17(14-27)15-28(23)24(16)12-18-11-20(8-9-22(18)26)33(31,32)19-5-3-2-4-6-19/h2-11,15H,12-13H2,1H3,(H,29,30). The molecule has 4 aromatic rings. The average Bonchev–Trinajstić information content (AvgIpc) is 3.05. The molecule has 0 fully saturated rings. The van der Waals surface area contributed by atoms with Gasteiger partial charge in [-0.3, -0.25) is 4.79 Å². The van der Waals surface area contributed by atoms with Crippen molar-refractivity contribution in [1.29, 1.82) is 5.26 Å². The molecule has 6 nitrogen and oxygen atoms in total. The van der Waals surface area contributed by atoms with E-state index in [0.29, 0.717) is 27.9 Å². The lowest BCUT2D eigenvalue weighted by atomic mass is 10.0. The second-order valence-electron chi connectivity index (χ2n) is 7.65. The number of carbonyl (C=O) groups is 1. The Bertz CT molecular complexity index is 1530. The maximum atomic E-state index is 14.8. The highest BCUT2D eigenvalue weighted by atomic mass is 32.2. The third-order valence-electron chi connectivity index (χ3n) is 5.63. The molecule has 0 aliphatic rings. The Balaban J connectivity index is 1.85. The summed E-state index contributed by atoms with van der Waals surface area (Å²) in [5.41, 5.74) is 2.93. The Morgan fingerprint density at radius 3 is 2.48 bits per heavy atom. The quantitative estimate of drug-likeness (QED) is 0.431. The van der Waals surface area contributed by atoms with Crippen molar-refractivity contribution in [2.24, 2.45) is 0 Å². The molecule has 8 heteroatoms. The van der Waals surface area contributed by atoms with Crippen molar-refractivity contribution >= 4 is 21.3 Å². The molecule has 0 spiro atoms. The largest absolute Gasteiger partial charge is 0.481 e. The smallest absolute Gasteiger partial charge is 0.307 e. The fourth-order valence-corrected chi connectivity index (χ4v) is 5.28. The molecule has 4 rings (SSSR count). The molecule has 0 aliphatic heterocycles. The first kappa shape index (κ1) is 22.2. The SMILES string of the molecule is Cc1c(CC(=O)O)c2ccc(C#N)cn2c1Cc1cc(S(=O)(=O)c2ccccc2)ccc1F. The lowest BCUT2D eigenvalue weighted by Gasteiger charge is -2.10. The van der Waals surface area contributed by atoms with Crippen LogP contribution in [0, 0.1) is 24.1 Å². The van der Waals surface area contributed by atoms with Crippen LogP contribution in [0.4, 0.5) is 4.39 Å². The van der Waals surface area contributed by atoms with E-state index in [1.54, 1.807) is 47.9 Å². The maximum Gasteiger partial charge on any atom is 0.307 e. The van der Waals surface area contributed by atoms with Crippen molar-refractivity contribution in [2.75, 3.05) is 0 Å². The molecule has 1 N–H and O–H groups in total. The third-order valence-corrected chi connectivity index (χ3v) is 7.40. The molecule has 0 saturated heterocycles. The number of carboxylic acids is 1. The number of nitriles is 1. The summed E-state index contributed by atoms with van der Waals surface area (Å²) in [4.78, 5) is 11.5. The molecule has 33 heavy (non-hydrogen) atoms. The second kappa shape index (κ2) is 8.52. The highest BCUT2D eigenvalue weighted by Crippen LogP contribution is 2.29. The Morgan fingerprint density at radius 2 is 1.82 bits per heavy atom. The maximum absolute atomic E-state index is 14.8. The van der Waals surface area contributed by atoms with Crippen LogP contribution in [0.15, 0.2) is 76.7 Å². The first-order chi connectivity index (χ1) is 15.7. The van der Waals surface area contributed by atoms with Gasteiger partial charge < -0.3 is 9.51 Å². The molecule has 166 valence electrons. The molecule has 2 aromatic carbocycles. The van der Waals surface area contributed by atoms with Gasteiger partial charge in [0.05, 0.1) is 21.8 Å². The van der Waals surface area contributed by atoms with Crippen LogP contribution in [0.5, 0.6) is 0 Å². The van der Waals surface area contributed by atoms with E-state index >= 15 is 0 Å². The van der Waals surface area contributed by atoms with Gasteiger partial charge in [0, 0.05) is 23.8 Å². The number of fused-ring (bicyclic) bond motifs is 1. The van der Waals surface area contributed by atoms with Gasteiger partial charge in [-0.05, 0) is 66.1 Å². The van der Waals surface area contributed by atoms with Gasteiger partial charge in [-0.15, -0.1) is 0 Å². The van der Waals surface area contributed by atoms with Crippen molar-refractivity contribution in [3.8, 4) is 6.07 Å².